The van der Waals surface area contributed by atoms with Crippen LogP contribution in [0.4, 0.5) is 0 Å². The smallest absolute Gasteiger partial charge is 0.217 e. The number of aromatic nitrogens is 1. The normalized spacial score (nSPS) is 10.4. The van der Waals surface area contributed by atoms with Crippen LogP contribution in [0, 0.1) is 6.92 Å². The van der Waals surface area contributed by atoms with Gasteiger partial charge in [-0.3, -0.25) is 0 Å². The van der Waals surface area contributed by atoms with Gasteiger partial charge in [-0.05, 0) is 19.1 Å². The van der Waals surface area contributed by atoms with E-state index in [0.29, 0.717) is 24.7 Å². The molecule has 4 heteroatoms. The fourth-order valence-corrected chi connectivity index (χ4v) is 1.93. The highest BCUT2D eigenvalue weighted by molar-refractivity contribution is 5.35. The average molecular weight is 258 g/mol. The summed E-state index contributed by atoms with van der Waals surface area (Å²) in [5.74, 6) is 0.944. The molecule has 0 bridgehead atoms. The van der Waals surface area contributed by atoms with Crippen LogP contribution in [0.5, 0.6) is 11.6 Å². The zero-order chi connectivity index (χ0) is 13.7. The molecule has 2 N–H and O–H groups in total. The number of phenols is 1. The van der Waals surface area contributed by atoms with Gasteiger partial charge in [0.15, 0.2) is 0 Å². The van der Waals surface area contributed by atoms with Crippen LogP contribution in [-0.2, 0) is 13.1 Å². The Bertz CT molecular complexity index is 556. The molecule has 0 saturated heterocycles. The van der Waals surface area contributed by atoms with Crippen LogP contribution in [0.2, 0.25) is 0 Å². The zero-order valence-electron chi connectivity index (χ0n) is 11.2. The van der Waals surface area contributed by atoms with Gasteiger partial charge in [0, 0.05) is 30.4 Å². The molecule has 0 aliphatic rings. The first kappa shape index (κ1) is 13.4. The summed E-state index contributed by atoms with van der Waals surface area (Å²) in [4.78, 5) is 4.14. The quantitative estimate of drug-likeness (QED) is 0.864. The molecular weight excluding hydrogens is 240 g/mol. The van der Waals surface area contributed by atoms with Crippen molar-refractivity contribution in [2.75, 3.05) is 7.11 Å². The van der Waals surface area contributed by atoms with Gasteiger partial charge in [-0.1, -0.05) is 23.8 Å². The molecule has 0 aliphatic heterocycles. The number of hydrogen-bond donors (Lipinski definition) is 2. The molecule has 1 aromatic carbocycles. The maximum atomic E-state index is 9.76. The first-order chi connectivity index (χ1) is 9.20. The monoisotopic (exact) mass is 258 g/mol. The molecule has 0 saturated carbocycles. The lowest BCUT2D eigenvalue weighted by Gasteiger charge is -2.10. The number of phenolic OH excluding ortho intramolecular Hbond substituents is 1. The van der Waals surface area contributed by atoms with Crippen LogP contribution in [-0.4, -0.2) is 17.2 Å². The molecule has 0 amide bonds. The van der Waals surface area contributed by atoms with Crippen molar-refractivity contribution in [3.8, 4) is 11.6 Å². The lowest BCUT2D eigenvalue weighted by Crippen LogP contribution is -2.14. The average Bonchev–Trinajstić information content (AvgIpc) is 2.43. The number of benzene rings is 1. The number of aryl methyl sites for hydroxylation is 1. The first-order valence-corrected chi connectivity index (χ1v) is 6.18. The van der Waals surface area contributed by atoms with Gasteiger partial charge in [0.1, 0.15) is 5.75 Å². The van der Waals surface area contributed by atoms with Gasteiger partial charge >= 0.3 is 0 Å². The van der Waals surface area contributed by atoms with E-state index in [4.69, 9.17) is 4.74 Å². The van der Waals surface area contributed by atoms with E-state index in [0.717, 1.165) is 16.7 Å². The van der Waals surface area contributed by atoms with E-state index < -0.39 is 0 Å². The van der Waals surface area contributed by atoms with Crippen LogP contribution in [0.3, 0.4) is 0 Å². The number of ether oxygens (including phenoxy) is 1. The number of aromatic hydroxyl groups is 1. The highest BCUT2D eigenvalue weighted by Gasteiger charge is 2.04. The van der Waals surface area contributed by atoms with E-state index >= 15 is 0 Å². The summed E-state index contributed by atoms with van der Waals surface area (Å²) in [7, 11) is 1.61. The van der Waals surface area contributed by atoms with Crippen LogP contribution in [0.15, 0.2) is 36.5 Å². The minimum atomic E-state index is 0.316. The SMILES string of the molecule is COc1ncccc1CNCc1cc(C)ccc1O. The van der Waals surface area contributed by atoms with E-state index in [-0.39, 0.29) is 0 Å². The Morgan fingerprint density at radius 2 is 2.00 bits per heavy atom. The highest BCUT2D eigenvalue weighted by Crippen LogP contribution is 2.18. The van der Waals surface area contributed by atoms with Crippen LogP contribution in [0.1, 0.15) is 16.7 Å². The maximum Gasteiger partial charge on any atom is 0.217 e. The summed E-state index contributed by atoms with van der Waals surface area (Å²) in [5.41, 5.74) is 3.02. The van der Waals surface area contributed by atoms with Gasteiger partial charge < -0.3 is 15.2 Å². The van der Waals surface area contributed by atoms with Crippen molar-refractivity contribution < 1.29 is 9.84 Å². The predicted molar refractivity (Wildman–Crippen MR) is 74.2 cm³/mol. The molecule has 100 valence electrons. The molecule has 0 unspecified atom stereocenters. The fourth-order valence-electron chi connectivity index (χ4n) is 1.93. The molecule has 0 radical (unpaired) electrons. The molecule has 1 heterocycles. The summed E-state index contributed by atoms with van der Waals surface area (Å²) < 4.78 is 5.19. The van der Waals surface area contributed by atoms with Crippen LogP contribution in [0.25, 0.3) is 0 Å². The zero-order valence-corrected chi connectivity index (χ0v) is 11.2. The van der Waals surface area contributed by atoms with Gasteiger partial charge in [-0.15, -0.1) is 0 Å². The number of methoxy groups -OCH3 is 1. The molecule has 1 aromatic heterocycles. The van der Waals surface area contributed by atoms with Crippen molar-refractivity contribution in [2.24, 2.45) is 0 Å². The topological polar surface area (TPSA) is 54.4 Å². The Labute approximate surface area is 113 Å². The lowest BCUT2D eigenvalue weighted by atomic mass is 10.1. The van der Waals surface area contributed by atoms with Crippen molar-refractivity contribution in [3.05, 3.63) is 53.2 Å². The van der Waals surface area contributed by atoms with E-state index in [9.17, 15) is 5.11 Å². The Morgan fingerprint density at radius 1 is 1.21 bits per heavy atom. The van der Waals surface area contributed by atoms with Gasteiger partial charge in [0.2, 0.25) is 5.88 Å². The number of rotatable bonds is 5. The van der Waals surface area contributed by atoms with E-state index in [2.05, 4.69) is 10.3 Å². The van der Waals surface area contributed by atoms with Gasteiger partial charge in [-0.2, -0.15) is 0 Å². The predicted octanol–water partition coefficient (Wildman–Crippen LogP) is 2.39. The van der Waals surface area contributed by atoms with Crippen molar-refractivity contribution >= 4 is 0 Å². The molecule has 19 heavy (non-hydrogen) atoms. The summed E-state index contributed by atoms with van der Waals surface area (Å²) in [5, 5.41) is 13.0. The van der Waals surface area contributed by atoms with E-state index in [1.165, 1.54) is 0 Å². The molecule has 0 fully saturated rings. The van der Waals surface area contributed by atoms with Gasteiger partial charge in [-0.25, -0.2) is 4.98 Å². The number of pyridine rings is 1. The third-order valence-corrected chi connectivity index (χ3v) is 2.91. The van der Waals surface area contributed by atoms with Crippen molar-refractivity contribution in [1.29, 1.82) is 0 Å². The fraction of sp³-hybridized carbons (Fsp3) is 0.267. The minimum Gasteiger partial charge on any atom is -0.508 e. The second-order valence-electron chi connectivity index (χ2n) is 4.41. The summed E-state index contributed by atoms with van der Waals surface area (Å²) in [6, 6.07) is 9.43. The number of nitrogens with one attached hydrogen (secondary N) is 1. The molecular formula is C15H18N2O2. The molecule has 2 rings (SSSR count). The molecule has 4 nitrogen and oxygen atoms in total. The minimum absolute atomic E-state index is 0.316. The standard InChI is InChI=1S/C15H18N2O2/c1-11-5-6-14(18)13(8-11)10-16-9-12-4-3-7-17-15(12)19-2/h3-8,16,18H,9-10H2,1-2H3. The summed E-state index contributed by atoms with van der Waals surface area (Å²) in [6.07, 6.45) is 1.70. The van der Waals surface area contributed by atoms with E-state index in [1.54, 1.807) is 19.4 Å². The second kappa shape index (κ2) is 6.20. The first-order valence-electron chi connectivity index (χ1n) is 6.18. The Hall–Kier alpha value is -2.07. The van der Waals surface area contributed by atoms with Crippen molar-refractivity contribution in [2.45, 2.75) is 20.0 Å². The molecule has 0 aliphatic carbocycles. The van der Waals surface area contributed by atoms with Crippen molar-refractivity contribution in [3.63, 3.8) is 0 Å². The molecule has 0 spiro atoms. The van der Waals surface area contributed by atoms with Gasteiger partial charge in [0.25, 0.3) is 0 Å². The second-order valence-corrected chi connectivity index (χ2v) is 4.41. The van der Waals surface area contributed by atoms with E-state index in [1.807, 2.05) is 31.2 Å². The summed E-state index contributed by atoms with van der Waals surface area (Å²) in [6.45, 7) is 3.25. The lowest BCUT2D eigenvalue weighted by molar-refractivity contribution is 0.390. The van der Waals surface area contributed by atoms with Gasteiger partial charge in [0.05, 0.1) is 7.11 Å². The maximum absolute atomic E-state index is 9.76. The van der Waals surface area contributed by atoms with Crippen LogP contribution < -0.4 is 10.1 Å². The third kappa shape index (κ3) is 3.45. The summed E-state index contributed by atoms with van der Waals surface area (Å²) >= 11 is 0. The molecule has 2 aromatic rings. The number of nitrogens with zero attached hydrogens (tertiary/aromatic N) is 1. The Kier molecular flexibility index (Phi) is 4.36. The third-order valence-electron chi connectivity index (χ3n) is 2.91. The molecule has 0 atom stereocenters. The highest BCUT2D eigenvalue weighted by atomic mass is 16.5. The Balaban J connectivity index is 1.98. The number of hydrogen-bond acceptors (Lipinski definition) is 4. The van der Waals surface area contributed by atoms with Crippen molar-refractivity contribution in [1.82, 2.24) is 10.3 Å². The largest absolute Gasteiger partial charge is 0.508 e. The Morgan fingerprint density at radius 3 is 2.79 bits per heavy atom. The van der Waals surface area contributed by atoms with Crippen LogP contribution >= 0.6 is 0 Å².